The Balaban J connectivity index is 1.70. The molecule has 6 atom stereocenters. The van der Waals surface area contributed by atoms with Crippen molar-refractivity contribution in [2.75, 3.05) is 46.2 Å². The van der Waals surface area contributed by atoms with Gasteiger partial charge in [-0.2, -0.15) is 0 Å². The molecule has 252 valence electrons. The van der Waals surface area contributed by atoms with Crippen LogP contribution in [0.25, 0.3) is 0 Å². The number of ketones is 1. The van der Waals surface area contributed by atoms with Crippen LogP contribution in [0.1, 0.15) is 68.1 Å². The first-order chi connectivity index (χ1) is 21.4. The van der Waals surface area contributed by atoms with Crippen molar-refractivity contribution in [3.63, 3.8) is 0 Å². The smallest absolute Gasteiger partial charge is 0.252 e. The zero-order valence-corrected chi connectivity index (χ0v) is 29.1. The predicted octanol–water partition coefficient (Wildman–Crippen LogP) is 3.80. The van der Waals surface area contributed by atoms with Crippen molar-refractivity contribution in [1.82, 2.24) is 9.80 Å². The molecule has 1 aliphatic heterocycles. The van der Waals surface area contributed by atoms with E-state index < -0.39 is 29.6 Å². The van der Waals surface area contributed by atoms with Crippen LogP contribution in [-0.2, 0) is 22.5 Å². The van der Waals surface area contributed by atoms with Crippen molar-refractivity contribution >= 4 is 17.4 Å². The Hall–Kier alpha value is -3.18. The Labute approximate surface area is 273 Å². The van der Waals surface area contributed by atoms with Crippen LogP contribution < -0.4 is 10.6 Å². The summed E-state index contributed by atoms with van der Waals surface area (Å²) in [5, 5.41) is 34.1. The number of allylic oxidation sites excluding steroid dienone is 1. The molecule has 1 heterocycles. The first-order valence-electron chi connectivity index (χ1n) is 16.4. The number of hydrogen-bond acceptors (Lipinski definition) is 9. The maximum absolute atomic E-state index is 14.7. The molecule has 1 aromatic rings. The average Bonchev–Trinajstić information content (AvgIpc) is 3.27. The van der Waals surface area contributed by atoms with Crippen molar-refractivity contribution < 1.29 is 29.6 Å². The second kappa shape index (κ2) is 11.8. The Morgan fingerprint density at radius 1 is 1.20 bits per heavy atom. The van der Waals surface area contributed by atoms with Crippen LogP contribution >= 0.6 is 0 Å². The van der Waals surface area contributed by atoms with Gasteiger partial charge in [0.1, 0.15) is 11.5 Å². The number of anilines is 1. The standard InChI is InChI=1S/C36H52N4O6/c1-11-40(25(17-41)35(4,5)6)16-21-12-18(2)26-22(29(21)38(7)8)14-20-15-24-30(39(9)10)32(43)28(34(37)45)23-13-19(3)46-36(23,24)33(44)27(20)31(26)42/h12-13,19-20,24-25,30,41,43-44H,11,14-17H2,1-10H3,(H2,37,45)/t19-,20-,24-,25+,30-,36-/m0/s1. The number of primary amides is 1. The highest BCUT2D eigenvalue weighted by Crippen LogP contribution is 2.59. The van der Waals surface area contributed by atoms with Gasteiger partial charge in [0.25, 0.3) is 5.91 Å². The molecule has 0 bridgehead atoms. The summed E-state index contributed by atoms with van der Waals surface area (Å²) in [6, 6.07) is 1.35. The van der Waals surface area contributed by atoms with E-state index in [1.165, 1.54) is 0 Å². The maximum Gasteiger partial charge on any atom is 0.252 e. The summed E-state index contributed by atoms with van der Waals surface area (Å²) in [7, 11) is 7.61. The fourth-order valence-corrected chi connectivity index (χ4v) is 8.94. The molecular weight excluding hydrogens is 584 g/mol. The highest BCUT2D eigenvalue weighted by Gasteiger charge is 2.64. The van der Waals surface area contributed by atoms with Crippen molar-refractivity contribution in [3.8, 4) is 0 Å². The molecule has 10 nitrogen and oxygen atoms in total. The Kier molecular flexibility index (Phi) is 8.77. The molecular formula is C36H52N4O6. The van der Waals surface area contributed by atoms with Gasteiger partial charge in [0.15, 0.2) is 11.4 Å². The van der Waals surface area contributed by atoms with E-state index in [1.54, 1.807) is 6.08 Å². The third-order valence-corrected chi connectivity index (χ3v) is 10.7. The van der Waals surface area contributed by atoms with E-state index in [0.717, 1.165) is 28.9 Å². The van der Waals surface area contributed by atoms with E-state index in [9.17, 15) is 24.9 Å². The van der Waals surface area contributed by atoms with Gasteiger partial charge in [-0.25, -0.2) is 0 Å². The molecule has 0 saturated heterocycles. The monoisotopic (exact) mass is 636 g/mol. The van der Waals surface area contributed by atoms with Gasteiger partial charge < -0.3 is 30.7 Å². The van der Waals surface area contributed by atoms with Crippen molar-refractivity contribution in [2.24, 2.45) is 23.0 Å². The second-order valence-corrected chi connectivity index (χ2v) is 15.1. The lowest BCUT2D eigenvalue weighted by Gasteiger charge is -2.53. The maximum atomic E-state index is 14.7. The number of nitrogens with zero attached hydrogens (tertiary/aromatic N) is 3. The molecule has 0 radical (unpaired) electrons. The number of amides is 1. The van der Waals surface area contributed by atoms with Crippen molar-refractivity contribution in [3.05, 3.63) is 62.6 Å². The molecule has 46 heavy (non-hydrogen) atoms. The molecule has 0 fully saturated rings. The fourth-order valence-electron chi connectivity index (χ4n) is 8.94. The van der Waals surface area contributed by atoms with Gasteiger partial charge in [-0.15, -0.1) is 0 Å². The quantitative estimate of drug-likeness (QED) is 0.336. The molecule has 1 aromatic carbocycles. The van der Waals surface area contributed by atoms with Gasteiger partial charge in [-0.1, -0.05) is 33.8 Å². The van der Waals surface area contributed by atoms with E-state index in [4.69, 9.17) is 10.5 Å². The van der Waals surface area contributed by atoms with Gasteiger partial charge >= 0.3 is 0 Å². The molecule has 4 aliphatic rings. The topological polar surface area (TPSA) is 140 Å². The van der Waals surface area contributed by atoms with E-state index in [1.807, 2.05) is 46.9 Å². The number of nitrogens with two attached hydrogens (primary N) is 1. The van der Waals surface area contributed by atoms with Gasteiger partial charge in [0, 0.05) is 55.0 Å². The minimum Gasteiger partial charge on any atom is -0.510 e. The molecule has 1 amide bonds. The van der Waals surface area contributed by atoms with E-state index >= 15 is 0 Å². The van der Waals surface area contributed by atoms with E-state index in [-0.39, 0.29) is 46.9 Å². The summed E-state index contributed by atoms with van der Waals surface area (Å²) in [4.78, 5) is 33.6. The normalized spacial score (nSPS) is 28.2. The number of likely N-dealkylation sites (N-methyl/N-ethyl adjacent to an activating group) is 2. The number of aliphatic hydroxyl groups excluding tert-OH is 3. The molecule has 5 rings (SSSR count). The minimum absolute atomic E-state index is 0.0403. The number of ether oxygens (including phenoxy) is 1. The number of fused-ring (bicyclic) bond motifs is 2. The Morgan fingerprint density at radius 2 is 1.85 bits per heavy atom. The fraction of sp³-hybridized carbons (Fsp3) is 0.611. The number of aliphatic hydroxyl groups is 3. The summed E-state index contributed by atoms with van der Waals surface area (Å²) < 4.78 is 6.52. The number of carbonyl (C=O) groups is 2. The van der Waals surface area contributed by atoms with Gasteiger partial charge in [-0.05, 0) is 81.4 Å². The minimum atomic E-state index is -1.48. The van der Waals surface area contributed by atoms with Crippen molar-refractivity contribution in [2.45, 2.75) is 84.7 Å². The third-order valence-electron chi connectivity index (χ3n) is 10.7. The zero-order chi connectivity index (χ0) is 34.2. The van der Waals surface area contributed by atoms with Gasteiger partial charge in [0.2, 0.25) is 0 Å². The molecule has 0 unspecified atom stereocenters. The highest BCUT2D eigenvalue weighted by molar-refractivity contribution is 6.14. The van der Waals surface area contributed by atoms with Crippen LogP contribution in [0, 0.1) is 24.2 Å². The van der Waals surface area contributed by atoms with Gasteiger partial charge in [0.05, 0.1) is 24.3 Å². The molecule has 5 N–H and O–H groups in total. The van der Waals surface area contributed by atoms with E-state index in [0.29, 0.717) is 36.1 Å². The van der Waals surface area contributed by atoms with Crippen LogP contribution in [0.3, 0.4) is 0 Å². The zero-order valence-electron chi connectivity index (χ0n) is 29.1. The van der Waals surface area contributed by atoms with Crippen LogP contribution in [0.5, 0.6) is 0 Å². The number of carbonyl (C=O) groups excluding carboxylic acids is 2. The van der Waals surface area contributed by atoms with E-state index in [2.05, 4.69) is 43.6 Å². The first kappa shape index (κ1) is 34.2. The van der Waals surface area contributed by atoms with Crippen LogP contribution in [0.4, 0.5) is 5.69 Å². The number of rotatable bonds is 8. The lowest BCUT2D eigenvalue weighted by molar-refractivity contribution is -0.117. The molecule has 3 aliphatic carbocycles. The van der Waals surface area contributed by atoms with Crippen LogP contribution in [0.15, 0.2) is 40.4 Å². The number of aryl methyl sites for hydroxylation is 1. The summed E-state index contributed by atoms with van der Waals surface area (Å²) in [5.41, 5.74) is 9.23. The number of Topliss-reactive ketones (excluding diaryl/α,β-unsaturated/α-hetero) is 1. The summed E-state index contributed by atoms with van der Waals surface area (Å²) >= 11 is 0. The lowest BCUT2D eigenvalue weighted by Crippen LogP contribution is -2.60. The summed E-state index contributed by atoms with van der Waals surface area (Å²) in [5.74, 6) is -2.17. The summed E-state index contributed by atoms with van der Waals surface area (Å²) in [6.07, 6.45) is 2.21. The highest BCUT2D eigenvalue weighted by atomic mass is 16.5. The third kappa shape index (κ3) is 5.00. The lowest BCUT2D eigenvalue weighted by atomic mass is 9.57. The largest absolute Gasteiger partial charge is 0.510 e. The molecule has 10 heteroatoms. The Morgan fingerprint density at radius 3 is 2.37 bits per heavy atom. The number of hydrogen-bond donors (Lipinski definition) is 4. The van der Waals surface area contributed by atoms with Crippen LogP contribution in [0.2, 0.25) is 0 Å². The molecule has 0 saturated carbocycles. The summed E-state index contributed by atoms with van der Waals surface area (Å²) in [6.45, 7) is 13.7. The number of benzene rings is 1. The SMILES string of the molecule is CCN(Cc1cc(C)c2c(c1N(C)C)C[C@H]1C[C@H]3[C@H](N(C)C)C(O)=C(C(N)=O)C4=C[C@H](C)O[C@@]43C(O)=C1C2=O)[C@H](CO)C(C)(C)C. The average molecular weight is 637 g/mol. The Bertz CT molecular complexity index is 1550. The second-order valence-electron chi connectivity index (χ2n) is 15.1. The predicted molar refractivity (Wildman–Crippen MR) is 179 cm³/mol. The van der Waals surface area contributed by atoms with Gasteiger partial charge in [-0.3, -0.25) is 19.4 Å². The van der Waals surface area contributed by atoms with Crippen LogP contribution in [-0.4, -0.2) is 102 Å². The first-order valence-corrected chi connectivity index (χ1v) is 16.4. The molecule has 1 spiro atoms. The molecule has 0 aromatic heterocycles. The van der Waals surface area contributed by atoms with Crippen molar-refractivity contribution in [1.29, 1.82) is 0 Å².